The number of hydrogen-bond donors (Lipinski definition) is 1. The van der Waals surface area contributed by atoms with Gasteiger partial charge in [0.05, 0.1) is 16.5 Å². The van der Waals surface area contributed by atoms with Crippen LogP contribution in [0.1, 0.15) is 57.4 Å². The maximum absolute atomic E-state index is 5.99. The quantitative estimate of drug-likeness (QED) is 0.844. The van der Waals surface area contributed by atoms with Crippen molar-refractivity contribution < 1.29 is 4.74 Å². The number of hydrogen-bond acceptors (Lipinski definition) is 3. The molecule has 0 amide bonds. The zero-order chi connectivity index (χ0) is 13.8. The van der Waals surface area contributed by atoms with Crippen LogP contribution in [0.3, 0.4) is 0 Å². The predicted octanol–water partition coefficient (Wildman–Crippen LogP) is 4.79. The first kappa shape index (κ1) is 15.3. The van der Waals surface area contributed by atoms with Crippen molar-refractivity contribution in [3.8, 4) is 0 Å². The summed E-state index contributed by atoms with van der Waals surface area (Å²) in [6.45, 7) is 6.46. The minimum Gasteiger partial charge on any atom is -0.376 e. The number of halogens is 1. The van der Waals surface area contributed by atoms with E-state index in [-0.39, 0.29) is 0 Å². The molecule has 1 aromatic heterocycles. The van der Waals surface area contributed by atoms with Crippen molar-refractivity contribution in [3.63, 3.8) is 0 Å². The van der Waals surface area contributed by atoms with Crippen LogP contribution < -0.4 is 5.32 Å². The van der Waals surface area contributed by atoms with Crippen molar-refractivity contribution in [2.45, 2.75) is 70.7 Å². The lowest BCUT2D eigenvalue weighted by atomic mass is 9.92. The van der Waals surface area contributed by atoms with Gasteiger partial charge in [-0.2, -0.15) is 0 Å². The highest BCUT2D eigenvalue weighted by atomic mass is 35.5. The Labute approximate surface area is 125 Å². The molecule has 0 radical (unpaired) electrons. The van der Waals surface area contributed by atoms with Gasteiger partial charge in [-0.25, -0.2) is 0 Å². The SMILES string of the molecule is CC(C)OC1CCC(N[C@@H](C)c2ccc(Cl)s2)CC1. The average molecular weight is 302 g/mol. The molecule has 0 unspecified atom stereocenters. The van der Waals surface area contributed by atoms with Crippen molar-refractivity contribution >= 4 is 22.9 Å². The molecule has 1 N–H and O–H groups in total. The van der Waals surface area contributed by atoms with E-state index in [9.17, 15) is 0 Å². The smallest absolute Gasteiger partial charge is 0.0931 e. The van der Waals surface area contributed by atoms with Crippen molar-refractivity contribution in [2.75, 3.05) is 0 Å². The topological polar surface area (TPSA) is 21.3 Å². The molecule has 108 valence electrons. The van der Waals surface area contributed by atoms with Gasteiger partial charge in [0.15, 0.2) is 0 Å². The Morgan fingerprint density at radius 1 is 1.21 bits per heavy atom. The molecular formula is C15H24ClNOS. The molecule has 1 aromatic rings. The molecule has 2 rings (SSSR count). The fourth-order valence-corrected chi connectivity index (χ4v) is 3.82. The second-order valence-corrected chi connectivity index (χ2v) is 7.44. The van der Waals surface area contributed by atoms with E-state index < -0.39 is 0 Å². The molecule has 0 aromatic carbocycles. The van der Waals surface area contributed by atoms with Gasteiger partial charge in [0.2, 0.25) is 0 Å². The largest absolute Gasteiger partial charge is 0.376 e. The van der Waals surface area contributed by atoms with E-state index in [1.165, 1.54) is 30.6 Å². The minimum atomic E-state index is 0.349. The summed E-state index contributed by atoms with van der Waals surface area (Å²) in [6, 6.07) is 5.11. The zero-order valence-corrected chi connectivity index (χ0v) is 13.6. The fourth-order valence-electron chi connectivity index (χ4n) is 2.75. The lowest BCUT2D eigenvalue weighted by molar-refractivity contribution is -0.0166. The standard InChI is InChI=1S/C15H24ClNOS/c1-10(2)18-13-6-4-12(5-7-13)17-11(3)14-8-9-15(16)19-14/h8-13,17H,4-7H2,1-3H3/t11-,12?,13?/m0/s1. The summed E-state index contributed by atoms with van der Waals surface area (Å²) >= 11 is 7.66. The molecule has 0 bridgehead atoms. The van der Waals surface area contributed by atoms with E-state index in [0.29, 0.717) is 24.3 Å². The van der Waals surface area contributed by atoms with Crippen LogP contribution >= 0.6 is 22.9 Å². The van der Waals surface area contributed by atoms with Gasteiger partial charge in [-0.3, -0.25) is 0 Å². The molecule has 19 heavy (non-hydrogen) atoms. The summed E-state index contributed by atoms with van der Waals surface area (Å²) < 4.78 is 6.76. The van der Waals surface area contributed by atoms with Crippen LogP contribution in [0.25, 0.3) is 0 Å². The zero-order valence-electron chi connectivity index (χ0n) is 12.0. The first-order valence-electron chi connectivity index (χ1n) is 7.21. The second kappa shape index (κ2) is 7.07. The third kappa shape index (κ3) is 4.75. The Balaban J connectivity index is 1.76. The molecule has 1 aliphatic carbocycles. The summed E-state index contributed by atoms with van der Waals surface area (Å²) in [5.41, 5.74) is 0. The van der Waals surface area contributed by atoms with Crippen LogP contribution in [0, 0.1) is 0 Å². The van der Waals surface area contributed by atoms with E-state index in [1.54, 1.807) is 11.3 Å². The van der Waals surface area contributed by atoms with Crippen LogP contribution in [0.15, 0.2) is 12.1 Å². The van der Waals surface area contributed by atoms with Gasteiger partial charge in [0.25, 0.3) is 0 Å². The minimum absolute atomic E-state index is 0.349. The lowest BCUT2D eigenvalue weighted by Crippen LogP contribution is -2.37. The lowest BCUT2D eigenvalue weighted by Gasteiger charge is -2.32. The Morgan fingerprint density at radius 2 is 1.89 bits per heavy atom. The Kier molecular flexibility index (Phi) is 5.70. The van der Waals surface area contributed by atoms with Crippen LogP contribution in [0.2, 0.25) is 4.34 Å². The van der Waals surface area contributed by atoms with Crippen molar-refractivity contribution in [3.05, 3.63) is 21.3 Å². The first-order valence-corrected chi connectivity index (χ1v) is 8.40. The van der Waals surface area contributed by atoms with E-state index in [2.05, 4.69) is 32.2 Å². The number of nitrogens with one attached hydrogen (secondary N) is 1. The van der Waals surface area contributed by atoms with Gasteiger partial charge in [-0.15, -0.1) is 11.3 Å². The van der Waals surface area contributed by atoms with E-state index in [1.807, 2.05) is 6.07 Å². The molecule has 1 fully saturated rings. The van der Waals surface area contributed by atoms with Crippen molar-refractivity contribution in [1.29, 1.82) is 0 Å². The maximum atomic E-state index is 5.99. The summed E-state index contributed by atoms with van der Waals surface area (Å²) in [6.07, 6.45) is 5.58. The number of ether oxygens (including phenoxy) is 1. The summed E-state index contributed by atoms with van der Waals surface area (Å²) in [4.78, 5) is 1.32. The van der Waals surface area contributed by atoms with Gasteiger partial charge >= 0.3 is 0 Å². The van der Waals surface area contributed by atoms with Crippen molar-refractivity contribution in [1.82, 2.24) is 5.32 Å². The highest BCUT2D eigenvalue weighted by Crippen LogP contribution is 2.29. The molecule has 1 heterocycles. The van der Waals surface area contributed by atoms with Crippen LogP contribution in [0.5, 0.6) is 0 Å². The number of rotatable bonds is 5. The molecule has 1 saturated carbocycles. The summed E-state index contributed by atoms with van der Waals surface area (Å²) in [7, 11) is 0. The molecule has 4 heteroatoms. The van der Waals surface area contributed by atoms with E-state index in [4.69, 9.17) is 16.3 Å². The number of thiophene rings is 1. The first-order chi connectivity index (χ1) is 9.04. The van der Waals surface area contributed by atoms with Gasteiger partial charge in [0, 0.05) is 17.0 Å². The monoisotopic (exact) mass is 301 g/mol. The van der Waals surface area contributed by atoms with Crippen LogP contribution in [-0.4, -0.2) is 18.2 Å². The average Bonchev–Trinajstić information content (AvgIpc) is 2.78. The predicted molar refractivity (Wildman–Crippen MR) is 83.1 cm³/mol. The molecule has 0 aliphatic heterocycles. The molecule has 1 aliphatic rings. The molecule has 2 nitrogen and oxygen atoms in total. The third-order valence-electron chi connectivity index (χ3n) is 3.65. The molecular weight excluding hydrogens is 278 g/mol. The van der Waals surface area contributed by atoms with E-state index in [0.717, 1.165) is 4.34 Å². The maximum Gasteiger partial charge on any atom is 0.0931 e. The van der Waals surface area contributed by atoms with Gasteiger partial charge in [-0.05, 0) is 58.6 Å². The Hall–Kier alpha value is -0.0900. The fraction of sp³-hybridized carbons (Fsp3) is 0.733. The van der Waals surface area contributed by atoms with E-state index >= 15 is 0 Å². The van der Waals surface area contributed by atoms with Crippen molar-refractivity contribution in [2.24, 2.45) is 0 Å². The highest BCUT2D eigenvalue weighted by molar-refractivity contribution is 7.16. The normalized spacial score (nSPS) is 25.7. The third-order valence-corrected chi connectivity index (χ3v) is 5.06. The Bertz CT molecular complexity index is 385. The van der Waals surface area contributed by atoms with Gasteiger partial charge < -0.3 is 10.1 Å². The highest BCUT2D eigenvalue weighted by Gasteiger charge is 2.23. The summed E-state index contributed by atoms with van der Waals surface area (Å²) in [5.74, 6) is 0. The second-order valence-electron chi connectivity index (χ2n) is 5.69. The van der Waals surface area contributed by atoms with Gasteiger partial charge in [0.1, 0.15) is 0 Å². The Morgan fingerprint density at radius 3 is 2.42 bits per heavy atom. The molecule has 0 spiro atoms. The van der Waals surface area contributed by atoms with Gasteiger partial charge in [-0.1, -0.05) is 11.6 Å². The summed E-state index contributed by atoms with van der Waals surface area (Å²) in [5, 5.41) is 3.72. The molecule has 1 atom stereocenters. The van der Waals surface area contributed by atoms with Crippen LogP contribution in [0.4, 0.5) is 0 Å². The van der Waals surface area contributed by atoms with Crippen LogP contribution in [-0.2, 0) is 4.74 Å². The molecule has 0 saturated heterocycles.